The molecule has 1 unspecified atom stereocenters. The molecule has 4 aromatic rings. The summed E-state index contributed by atoms with van der Waals surface area (Å²) in [5.74, 6) is 1.51. The number of aliphatic hydroxyl groups excluding tert-OH is 1. The zero-order chi connectivity index (χ0) is 18.6. The van der Waals surface area contributed by atoms with Gasteiger partial charge in [-0.15, -0.1) is 0 Å². The Morgan fingerprint density at radius 3 is 2.30 bits per heavy atom. The van der Waals surface area contributed by atoms with E-state index in [2.05, 4.69) is 34.1 Å². The molecule has 0 heterocycles. The first-order chi connectivity index (χ1) is 13.2. The van der Waals surface area contributed by atoms with Crippen LogP contribution in [0.3, 0.4) is 0 Å². The fourth-order valence-electron chi connectivity index (χ4n) is 3.09. The molecule has 4 rings (SSSR count). The van der Waals surface area contributed by atoms with E-state index in [4.69, 9.17) is 9.47 Å². The van der Waals surface area contributed by atoms with E-state index < -0.39 is 6.10 Å². The zero-order valence-corrected chi connectivity index (χ0v) is 16.2. The number of ether oxygens (including phenoxy) is 2. The van der Waals surface area contributed by atoms with Crippen LogP contribution in [0.5, 0.6) is 11.5 Å². The van der Waals surface area contributed by atoms with Crippen LogP contribution < -0.4 is 9.47 Å². The fraction of sp³-hybridized carbons (Fsp3) is 0.130. The molecular formula is C23H19BrO3. The molecule has 4 heteroatoms. The van der Waals surface area contributed by atoms with Crippen molar-refractivity contribution in [2.45, 2.75) is 6.10 Å². The highest BCUT2D eigenvalue weighted by Crippen LogP contribution is 2.36. The highest BCUT2D eigenvalue weighted by Gasteiger charge is 2.12. The minimum absolute atomic E-state index is 0.155. The summed E-state index contributed by atoms with van der Waals surface area (Å²) in [6, 6.07) is 25.9. The lowest BCUT2D eigenvalue weighted by Gasteiger charge is -2.17. The normalized spacial score (nSPS) is 12.2. The van der Waals surface area contributed by atoms with Crippen molar-refractivity contribution >= 4 is 37.5 Å². The summed E-state index contributed by atoms with van der Waals surface area (Å²) in [7, 11) is 0. The van der Waals surface area contributed by atoms with Gasteiger partial charge in [-0.3, -0.25) is 0 Å². The van der Waals surface area contributed by atoms with E-state index >= 15 is 0 Å². The molecular weight excluding hydrogens is 404 g/mol. The summed E-state index contributed by atoms with van der Waals surface area (Å²) in [4.78, 5) is 0. The maximum Gasteiger partial charge on any atom is 0.135 e. The Hall–Kier alpha value is -2.56. The van der Waals surface area contributed by atoms with Crippen molar-refractivity contribution in [2.24, 2.45) is 0 Å². The third-order valence-corrected chi connectivity index (χ3v) is 4.88. The number of para-hydroxylation sites is 1. The van der Waals surface area contributed by atoms with E-state index in [0.717, 1.165) is 37.5 Å². The van der Waals surface area contributed by atoms with Crippen molar-refractivity contribution in [2.75, 3.05) is 13.2 Å². The smallest absolute Gasteiger partial charge is 0.135 e. The molecule has 0 aliphatic rings. The molecule has 136 valence electrons. The van der Waals surface area contributed by atoms with Crippen molar-refractivity contribution in [3.63, 3.8) is 0 Å². The molecule has 0 spiro atoms. The lowest BCUT2D eigenvalue weighted by Crippen LogP contribution is -2.25. The summed E-state index contributed by atoms with van der Waals surface area (Å²) < 4.78 is 12.7. The van der Waals surface area contributed by atoms with Gasteiger partial charge in [0, 0.05) is 15.2 Å². The Bertz CT molecular complexity index is 1060. The number of benzene rings is 4. The third kappa shape index (κ3) is 4.07. The second kappa shape index (κ2) is 7.99. The van der Waals surface area contributed by atoms with Gasteiger partial charge in [-0.1, -0.05) is 64.5 Å². The highest BCUT2D eigenvalue weighted by molar-refractivity contribution is 9.10. The number of aliphatic hydroxyl groups is 1. The molecule has 0 aliphatic heterocycles. The summed E-state index contributed by atoms with van der Waals surface area (Å²) in [6.07, 6.45) is -0.730. The number of rotatable bonds is 6. The Morgan fingerprint density at radius 1 is 0.741 bits per heavy atom. The van der Waals surface area contributed by atoms with Crippen LogP contribution in [0.1, 0.15) is 0 Å². The molecule has 0 amide bonds. The third-order valence-electron chi connectivity index (χ3n) is 4.38. The first-order valence-electron chi connectivity index (χ1n) is 8.80. The van der Waals surface area contributed by atoms with E-state index in [1.807, 2.05) is 60.7 Å². The maximum absolute atomic E-state index is 10.3. The molecule has 0 saturated heterocycles. The lowest BCUT2D eigenvalue weighted by molar-refractivity contribution is 0.0637. The SMILES string of the molecule is OC(COc1ccccc1)COc1c2ccccc2cc2ccc(Br)cc12. The van der Waals surface area contributed by atoms with Crippen LogP contribution in [0, 0.1) is 0 Å². The molecule has 0 aromatic heterocycles. The molecule has 0 saturated carbocycles. The zero-order valence-electron chi connectivity index (χ0n) is 14.6. The molecule has 0 bridgehead atoms. The van der Waals surface area contributed by atoms with E-state index in [0.29, 0.717) is 0 Å². The first kappa shape index (κ1) is 17.8. The van der Waals surface area contributed by atoms with Crippen molar-refractivity contribution in [1.29, 1.82) is 0 Å². The number of hydrogen-bond acceptors (Lipinski definition) is 3. The Kier molecular flexibility index (Phi) is 5.28. The van der Waals surface area contributed by atoms with Crippen molar-refractivity contribution in [1.82, 2.24) is 0 Å². The van der Waals surface area contributed by atoms with E-state index in [9.17, 15) is 5.11 Å². The molecule has 27 heavy (non-hydrogen) atoms. The molecule has 4 aromatic carbocycles. The van der Waals surface area contributed by atoms with Crippen LogP contribution in [0.25, 0.3) is 21.5 Å². The summed E-state index contributed by atoms with van der Waals surface area (Å²) in [5, 5.41) is 14.6. The molecule has 3 nitrogen and oxygen atoms in total. The molecule has 1 atom stereocenters. The maximum atomic E-state index is 10.3. The van der Waals surface area contributed by atoms with Gasteiger partial charge in [-0.05, 0) is 41.1 Å². The van der Waals surface area contributed by atoms with Crippen LogP contribution in [0.4, 0.5) is 0 Å². The number of halogens is 1. The second-order valence-electron chi connectivity index (χ2n) is 6.38. The molecule has 1 N–H and O–H groups in total. The quantitative estimate of drug-likeness (QED) is 0.412. The summed E-state index contributed by atoms with van der Waals surface area (Å²) in [5.41, 5.74) is 0. The van der Waals surface area contributed by atoms with E-state index in [1.54, 1.807) is 0 Å². The Balaban J connectivity index is 1.57. The minimum Gasteiger partial charge on any atom is -0.491 e. The standard InChI is InChI=1S/C23H19BrO3/c24-18-11-10-17-12-16-6-4-5-9-21(16)23(22(17)13-18)27-15-19(25)14-26-20-7-2-1-3-8-20/h1-13,19,25H,14-15H2. The van der Waals surface area contributed by atoms with Crippen molar-refractivity contribution < 1.29 is 14.6 Å². The predicted molar refractivity (Wildman–Crippen MR) is 113 cm³/mol. The number of hydrogen-bond donors (Lipinski definition) is 1. The molecule has 0 fully saturated rings. The van der Waals surface area contributed by atoms with E-state index in [1.165, 1.54) is 0 Å². The summed E-state index contributed by atoms with van der Waals surface area (Å²) in [6.45, 7) is 0.332. The fourth-order valence-corrected chi connectivity index (χ4v) is 3.45. The Morgan fingerprint density at radius 2 is 1.44 bits per heavy atom. The van der Waals surface area contributed by atoms with Crippen LogP contribution in [0.15, 0.2) is 83.3 Å². The van der Waals surface area contributed by atoms with Crippen LogP contribution in [-0.4, -0.2) is 24.4 Å². The minimum atomic E-state index is -0.730. The lowest BCUT2D eigenvalue weighted by atomic mass is 10.0. The van der Waals surface area contributed by atoms with Gasteiger partial charge in [0.05, 0.1) is 0 Å². The van der Waals surface area contributed by atoms with Gasteiger partial charge in [-0.25, -0.2) is 0 Å². The topological polar surface area (TPSA) is 38.7 Å². The Labute approximate surface area is 166 Å². The van der Waals surface area contributed by atoms with Gasteiger partial charge in [0.1, 0.15) is 30.8 Å². The van der Waals surface area contributed by atoms with Crippen molar-refractivity contribution in [3.05, 3.63) is 83.3 Å². The average Bonchev–Trinajstić information content (AvgIpc) is 2.70. The van der Waals surface area contributed by atoms with Crippen LogP contribution >= 0.6 is 15.9 Å². The van der Waals surface area contributed by atoms with Crippen LogP contribution in [-0.2, 0) is 0 Å². The number of fused-ring (bicyclic) bond motifs is 2. The largest absolute Gasteiger partial charge is 0.491 e. The molecule has 0 aliphatic carbocycles. The van der Waals surface area contributed by atoms with Gasteiger partial charge in [0.2, 0.25) is 0 Å². The first-order valence-corrected chi connectivity index (χ1v) is 9.60. The highest BCUT2D eigenvalue weighted by atomic mass is 79.9. The monoisotopic (exact) mass is 422 g/mol. The summed E-state index contributed by atoms with van der Waals surface area (Å²) >= 11 is 3.54. The van der Waals surface area contributed by atoms with Gasteiger partial charge < -0.3 is 14.6 Å². The van der Waals surface area contributed by atoms with Gasteiger partial charge >= 0.3 is 0 Å². The van der Waals surface area contributed by atoms with Gasteiger partial charge in [0.25, 0.3) is 0 Å². The van der Waals surface area contributed by atoms with Crippen molar-refractivity contribution in [3.8, 4) is 11.5 Å². The van der Waals surface area contributed by atoms with Crippen LogP contribution in [0.2, 0.25) is 0 Å². The predicted octanol–water partition coefficient (Wildman–Crippen LogP) is 5.57. The van der Waals surface area contributed by atoms with E-state index in [-0.39, 0.29) is 13.2 Å². The van der Waals surface area contributed by atoms with Gasteiger partial charge in [-0.2, -0.15) is 0 Å². The van der Waals surface area contributed by atoms with Gasteiger partial charge in [0.15, 0.2) is 0 Å². The average molecular weight is 423 g/mol. The molecule has 0 radical (unpaired) electrons. The second-order valence-corrected chi connectivity index (χ2v) is 7.30.